The maximum Gasteiger partial charge on any atom is 0.337 e. The summed E-state index contributed by atoms with van der Waals surface area (Å²) in [5, 5.41) is 0. The van der Waals surface area contributed by atoms with E-state index in [4.69, 9.17) is 28.4 Å². The van der Waals surface area contributed by atoms with Gasteiger partial charge in [0.2, 0.25) is 0 Å². The predicted octanol–water partition coefficient (Wildman–Crippen LogP) is 3.04. The van der Waals surface area contributed by atoms with E-state index in [1.54, 1.807) is 48.5 Å². The molecular formula is C23H24O8. The van der Waals surface area contributed by atoms with Crippen molar-refractivity contribution >= 4 is 11.9 Å². The van der Waals surface area contributed by atoms with E-state index in [1.807, 2.05) is 0 Å². The maximum absolute atomic E-state index is 11.6. The molecule has 0 bridgehead atoms. The highest BCUT2D eigenvalue weighted by Gasteiger charge is 2.42. The van der Waals surface area contributed by atoms with Crippen molar-refractivity contribution in [1.82, 2.24) is 0 Å². The van der Waals surface area contributed by atoms with Gasteiger partial charge in [-0.2, -0.15) is 0 Å². The standard InChI is InChI=1S/C23H24O8/c1-26-19(24)15-3-7-17(8-4-15)21-28-11-23(12-29-21)13-30-22(31-14-23)18-9-5-16(6-10-18)20(25)27-2/h3-10,21-22H,11-14H2,1-2H3. The van der Waals surface area contributed by atoms with E-state index >= 15 is 0 Å². The first kappa shape index (κ1) is 21.5. The van der Waals surface area contributed by atoms with Gasteiger partial charge in [0, 0.05) is 11.1 Å². The molecule has 2 heterocycles. The van der Waals surface area contributed by atoms with Gasteiger partial charge in [0.25, 0.3) is 0 Å². The highest BCUT2D eigenvalue weighted by Crippen LogP contribution is 2.38. The van der Waals surface area contributed by atoms with Gasteiger partial charge in [-0.3, -0.25) is 0 Å². The average Bonchev–Trinajstić information content (AvgIpc) is 2.84. The zero-order chi connectivity index (χ0) is 21.8. The molecule has 164 valence electrons. The predicted molar refractivity (Wildman–Crippen MR) is 107 cm³/mol. The molecule has 1 spiro atoms. The Kier molecular flexibility index (Phi) is 6.33. The zero-order valence-corrected chi connectivity index (χ0v) is 17.4. The number of carbonyl (C=O) groups is 2. The van der Waals surface area contributed by atoms with E-state index in [0.29, 0.717) is 37.6 Å². The molecule has 0 N–H and O–H groups in total. The van der Waals surface area contributed by atoms with Crippen molar-refractivity contribution in [2.45, 2.75) is 12.6 Å². The molecule has 2 aliphatic rings. The number of ether oxygens (including phenoxy) is 6. The maximum atomic E-state index is 11.6. The van der Waals surface area contributed by atoms with Crippen LogP contribution in [0, 0.1) is 5.41 Å². The molecule has 0 atom stereocenters. The number of hydrogen-bond donors (Lipinski definition) is 0. The summed E-state index contributed by atoms with van der Waals surface area (Å²) >= 11 is 0. The third-order valence-corrected chi connectivity index (χ3v) is 5.37. The fraction of sp³-hybridized carbons (Fsp3) is 0.391. The van der Waals surface area contributed by atoms with Crippen LogP contribution in [0.15, 0.2) is 48.5 Å². The van der Waals surface area contributed by atoms with Gasteiger partial charge < -0.3 is 28.4 Å². The Morgan fingerprint density at radius 1 is 0.677 bits per heavy atom. The molecule has 2 fully saturated rings. The number of methoxy groups -OCH3 is 2. The Balaban J connectivity index is 1.31. The molecule has 0 saturated carbocycles. The summed E-state index contributed by atoms with van der Waals surface area (Å²) in [4.78, 5) is 23.1. The number of rotatable bonds is 4. The minimum atomic E-state index is -0.513. The van der Waals surface area contributed by atoms with Gasteiger partial charge in [-0.25, -0.2) is 9.59 Å². The summed E-state index contributed by atoms with van der Waals surface area (Å²) in [7, 11) is 2.69. The lowest BCUT2D eigenvalue weighted by Crippen LogP contribution is -2.49. The molecule has 2 aliphatic heterocycles. The highest BCUT2D eigenvalue weighted by atomic mass is 16.7. The number of benzene rings is 2. The molecule has 0 aliphatic carbocycles. The van der Waals surface area contributed by atoms with Gasteiger partial charge in [-0.15, -0.1) is 0 Å². The lowest BCUT2D eigenvalue weighted by molar-refractivity contribution is -0.307. The molecule has 2 saturated heterocycles. The van der Waals surface area contributed by atoms with Crippen LogP contribution in [-0.4, -0.2) is 52.6 Å². The summed E-state index contributed by atoms with van der Waals surface area (Å²) in [6.45, 7) is 1.68. The Morgan fingerprint density at radius 3 is 1.29 bits per heavy atom. The Bertz CT molecular complexity index is 825. The van der Waals surface area contributed by atoms with Crippen LogP contribution in [0.25, 0.3) is 0 Å². The average molecular weight is 428 g/mol. The van der Waals surface area contributed by atoms with Crippen molar-refractivity contribution in [3.8, 4) is 0 Å². The Hall–Kier alpha value is -2.78. The van der Waals surface area contributed by atoms with E-state index < -0.39 is 12.6 Å². The number of esters is 2. The first-order valence-corrected chi connectivity index (χ1v) is 9.86. The smallest absolute Gasteiger partial charge is 0.337 e. The molecule has 0 unspecified atom stereocenters. The molecule has 0 aromatic heterocycles. The molecule has 0 radical (unpaired) electrons. The second kappa shape index (κ2) is 9.15. The Labute approximate surface area is 179 Å². The monoisotopic (exact) mass is 428 g/mol. The van der Waals surface area contributed by atoms with Crippen LogP contribution < -0.4 is 0 Å². The topological polar surface area (TPSA) is 89.5 Å². The first-order chi connectivity index (χ1) is 15.0. The van der Waals surface area contributed by atoms with Crippen LogP contribution in [0.2, 0.25) is 0 Å². The van der Waals surface area contributed by atoms with E-state index in [1.165, 1.54) is 14.2 Å². The summed E-state index contributed by atoms with van der Waals surface area (Å²) < 4.78 is 33.1. The normalized spacial score (nSPS) is 25.7. The third kappa shape index (κ3) is 4.62. The summed E-state index contributed by atoms with van der Waals surface area (Å²) in [5.74, 6) is -0.774. The zero-order valence-electron chi connectivity index (χ0n) is 17.4. The molecule has 8 heteroatoms. The third-order valence-electron chi connectivity index (χ3n) is 5.37. The molecule has 31 heavy (non-hydrogen) atoms. The summed E-state index contributed by atoms with van der Waals surface area (Å²) in [6, 6.07) is 13.9. The van der Waals surface area contributed by atoms with Crippen LogP contribution in [0.1, 0.15) is 44.4 Å². The molecule has 8 nitrogen and oxygen atoms in total. The van der Waals surface area contributed by atoms with E-state index in [0.717, 1.165) is 11.1 Å². The minimum Gasteiger partial charge on any atom is -0.465 e. The van der Waals surface area contributed by atoms with Crippen molar-refractivity contribution in [2.24, 2.45) is 5.41 Å². The molecule has 2 aromatic carbocycles. The van der Waals surface area contributed by atoms with Crippen LogP contribution in [0.3, 0.4) is 0 Å². The van der Waals surface area contributed by atoms with Crippen molar-refractivity contribution in [1.29, 1.82) is 0 Å². The van der Waals surface area contributed by atoms with Gasteiger partial charge in [0.1, 0.15) is 0 Å². The van der Waals surface area contributed by atoms with Crippen molar-refractivity contribution in [3.63, 3.8) is 0 Å². The molecule has 0 amide bonds. The van der Waals surface area contributed by atoms with E-state index in [9.17, 15) is 9.59 Å². The second-order valence-electron chi connectivity index (χ2n) is 7.64. The fourth-order valence-corrected chi connectivity index (χ4v) is 3.53. The van der Waals surface area contributed by atoms with Crippen molar-refractivity contribution < 1.29 is 38.0 Å². The SMILES string of the molecule is COC(=O)c1ccc(C2OCC3(CO2)COC(c2ccc(C(=O)OC)cc2)OC3)cc1. The van der Waals surface area contributed by atoms with E-state index in [-0.39, 0.29) is 17.4 Å². The number of carbonyl (C=O) groups excluding carboxylic acids is 2. The van der Waals surface area contributed by atoms with E-state index in [2.05, 4.69) is 0 Å². The molecular weight excluding hydrogens is 404 g/mol. The summed E-state index contributed by atoms with van der Waals surface area (Å²) in [6.07, 6.45) is -1.03. The Morgan fingerprint density at radius 2 is 1.00 bits per heavy atom. The second-order valence-corrected chi connectivity index (χ2v) is 7.64. The van der Waals surface area contributed by atoms with Crippen LogP contribution >= 0.6 is 0 Å². The van der Waals surface area contributed by atoms with Gasteiger partial charge in [-0.1, -0.05) is 24.3 Å². The van der Waals surface area contributed by atoms with Gasteiger partial charge in [-0.05, 0) is 24.3 Å². The van der Waals surface area contributed by atoms with Crippen LogP contribution in [0.5, 0.6) is 0 Å². The molecule has 4 rings (SSSR count). The fourth-order valence-electron chi connectivity index (χ4n) is 3.53. The van der Waals surface area contributed by atoms with Crippen molar-refractivity contribution in [2.75, 3.05) is 40.6 Å². The largest absolute Gasteiger partial charge is 0.465 e. The van der Waals surface area contributed by atoms with Crippen LogP contribution in [0.4, 0.5) is 0 Å². The highest BCUT2D eigenvalue weighted by molar-refractivity contribution is 5.89. The first-order valence-electron chi connectivity index (χ1n) is 9.86. The minimum absolute atomic E-state index is 0.384. The van der Waals surface area contributed by atoms with Crippen molar-refractivity contribution in [3.05, 3.63) is 70.8 Å². The number of hydrogen-bond acceptors (Lipinski definition) is 8. The lowest BCUT2D eigenvalue weighted by Gasteiger charge is -2.43. The van der Waals surface area contributed by atoms with Gasteiger partial charge >= 0.3 is 11.9 Å². The van der Waals surface area contributed by atoms with Gasteiger partial charge in [0.15, 0.2) is 12.6 Å². The van der Waals surface area contributed by atoms with Crippen LogP contribution in [-0.2, 0) is 28.4 Å². The van der Waals surface area contributed by atoms with Gasteiger partial charge in [0.05, 0.1) is 57.2 Å². The summed E-state index contributed by atoms with van der Waals surface area (Å²) in [5.41, 5.74) is 2.20. The quantitative estimate of drug-likeness (QED) is 0.687. The molecule has 2 aromatic rings. The lowest BCUT2D eigenvalue weighted by atomic mass is 9.90.